The Balaban J connectivity index is 2.22. The zero-order valence-electron chi connectivity index (χ0n) is 10.1. The maximum Gasteiger partial charge on any atom is 0.186 e. The van der Waals surface area contributed by atoms with Gasteiger partial charge in [0.25, 0.3) is 0 Å². The van der Waals surface area contributed by atoms with E-state index in [1.165, 1.54) is 19.3 Å². The van der Waals surface area contributed by atoms with Crippen LogP contribution in [-0.2, 0) is 13.0 Å². The summed E-state index contributed by atoms with van der Waals surface area (Å²) in [7, 11) is 0. The van der Waals surface area contributed by atoms with Crippen molar-refractivity contribution in [2.24, 2.45) is 0 Å². The third-order valence-electron chi connectivity index (χ3n) is 3.34. The molecule has 2 rings (SSSR count). The van der Waals surface area contributed by atoms with Gasteiger partial charge in [0.1, 0.15) is 0 Å². The molecule has 0 spiro atoms. The molecule has 0 aromatic carbocycles. The van der Waals surface area contributed by atoms with E-state index in [2.05, 4.69) is 23.7 Å². The number of aliphatic hydroxyl groups is 1. The fourth-order valence-corrected chi connectivity index (χ4v) is 3.51. The van der Waals surface area contributed by atoms with E-state index in [1.54, 1.807) is 11.3 Å². The molecule has 1 aromatic heterocycles. The highest BCUT2D eigenvalue weighted by Crippen LogP contribution is 2.32. The van der Waals surface area contributed by atoms with Gasteiger partial charge in [-0.05, 0) is 25.7 Å². The Hall–Kier alpha value is -0.610. The Morgan fingerprint density at radius 2 is 2.31 bits per heavy atom. The molecule has 0 bridgehead atoms. The van der Waals surface area contributed by atoms with Gasteiger partial charge in [-0.2, -0.15) is 0 Å². The van der Waals surface area contributed by atoms with Crippen molar-refractivity contribution in [2.45, 2.75) is 52.2 Å². The van der Waals surface area contributed by atoms with Gasteiger partial charge in [0.2, 0.25) is 0 Å². The lowest BCUT2D eigenvalue weighted by Crippen LogP contribution is -2.28. The van der Waals surface area contributed by atoms with Gasteiger partial charge in [-0.3, -0.25) is 0 Å². The molecule has 1 saturated heterocycles. The van der Waals surface area contributed by atoms with Crippen LogP contribution in [0.4, 0.5) is 5.13 Å². The molecule has 1 aromatic rings. The van der Waals surface area contributed by atoms with Gasteiger partial charge < -0.3 is 10.0 Å². The Morgan fingerprint density at radius 1 is 1.50 bits per heavy atom. The standard InChI is InChI=1S/C12H20N2OS/c1-3-9-6-5-7-14(9)12-13-10(4-2)11(8-15)16-12/h9,15H,3-8H2,1-2H3. The molecule has 1 aliphatic rings. The molecule has 1 unspecified atom stereocenters. The Morgan fingerprint density at radius 3 is 2.88 bits per heavy atom. The normalized spacial score (nSPS) is 20.7. The van der Waals surface area contributed by atoms with Crippen LogP contribution in [0.1, 0.15) is 43.7 Å². The number of aromatic nitrogens is 1. The molecule has 90 valence electrons. The minimum atomic E-state index is 0.130. The van der Waals surface area contributed by atoms with Gasteiger partial charge in [0.05, 0.1) is 17.2 Å². The van der Waals surface area contributed by atoms with Crippen LogP contribution in [0.2, 0.25) is 0 Å². The predicted octanol–water partition coefficient (Wildman–Crippen LogP) is 2.58. The van der Waals surface area contributed by atoms with Crippen molar-refractivity contribution in [2.75, 3.05) is 11.4 Å². The number of hydrogen-bond acceptors (Lipinski definition) is 4. The van der Waals surface area contributed by atoms with Gasteiger partial charge in [-0.15, -0.1) is 0 Å². The average Bonchev–Trinajstić information content (AvgIpc) is 2.93. The molecular formula is C12H20N2OS. The van der Waals surface area contributed by atoms with Crippen molar-refractivity contribution in [3.63, 3.8) is 0 Å². The maximum atomic E-state index is 9.28. The fourth-order valence-electron chi connectivity index (χ4n) is 2.40. The van der Waals surface area contributed by atoms with Gasteiger partial charge in [0, 0.05) is 12.6 Å². The Labute approximate surface area is 101 Å². The number of rotatable bonds is 4. The smallest absolute Gasteiger partial charge is 0.186 e. The third-order valence-corrected chi connectivity index (χ3v) is 4.46. The van der Waals surface area contributed by atoms with Crippen LogP contribution < -0.4 is 4.90 Å². The summed E-state index contributed by atoms with van der Waals surface area (Å²) >= 11 is 1.67. The number of thiazole rings is 1. The fraction of sp³-hybridized carbons (Fsp3) is 0.750. The molecule has 2 heterocycles. The SMILES string of the molecule is CCc1nc(N2CCCC2CC)sc1CO. The topological polar surface area (TPSA) is 36.4 Å². The van der Waals surface area contributed by atoms with E-state index in [0.29, 0.717) is 6.04 Å². The van der Waals surface area contributed by atoms with Crippen molar-refractivity contribution >= 4 is 16.5 Å². The minimum absolute atomic E-state index is 0.130. The lowest BCUT2D eigenvalue weighted by molar-refractivity contribution is 0.284. The first-order chi connectivity index (χ1) is 7.80. The number of anilines is 1. The monoisotopic (exact) mass is 240 g/mol. The van der Waals surface area contributed by atoms with Crippen molar-refractivity contribution in [3.05, 3.63) is 10.6 Å². The predicted molar refractivity (Wildman–Crippen MR) is 68.1 cm³/mol. The third kappa shape index (κ3) is 2.09. The summed E-state index contributed by atoms with van der Waals surface area (Å²) in [5, 5.41) is 10.4. The highest BCUT2D eigenvalue weighted by molar-refractivity contribution is 7.15. The summed E-state index contributed by atoms with van der Waals surface area (Å²) in [6.45, 7) is 5.59. The molecule has 1 N–H and O–H groups in total. The molecule has 0 aliphatic carbocycles. The Bertz CT molecular complexity index is 329. The molecule has 4 heteroatoms. The average molecular weight is 240 g/mol. The summed E-state index contributed by atoms with van der Waals surface area (Å²) in [6, 6.07) is 0.655. The molecular weight excluding hydrogens is 220 g/mol. The Kier molecular flexibility index (Phi) is 3.82. The van der Waals surface area contributed by atoms with Crippen LogP contribution in [0.3, 0.4) is 0 Å². The van der Waals surface area contributed by atoms with E-state index >= 15 is 0 Å². The lowest BCUT2D eigenvalue weighted by Gasteiger charge is -2.22. The van der Waals surface area contributed by atoms with E-state index in [-0.39, 0.29) is 6.61 Å². The van der Waals surface area contributed by atoms with Crippen LogP contribution in [0.25, 0.3) is 0 Å². The van der Waals surface area contributed by atoms with Crippen LogP contribution >= 0.6 is 11.3 Å². The van der Waals surface area contributed by atoms with E-state index in [1.807, 2.05) is 0 Å². The van der Waals surface area contributed by atoms with Gasteiger partial charge >= 0.3 is 0 Å². The summed E-state index contributed by atoms with van der Waals surface area (Å²) in [5.74, 6) is 0. The van der Waals surface area contributed by atoms with E-state index < -0.39 is 0 Å². The second-order valence-corrected chi connectivity index (χ2v) is 5.34. The van der Waals surface area contributed by atoms with Crippen molar-refractivity contribution in [1.29, 1.82) is 0 Å². The zero-order chi connectivity index (χ0) is 11.5. The van der Waals surface area contributed by atoms with Crippen LogP contribution in [0.5, 0.6) is 0 Å². The van der Waals surface area contributed by atoms with Crippen molar-refractivity contribution in [3.8, 4) is 0 Å². The highest BCUT2D eigenvalue weighted by atomic mass is 32.1. The first-order valence-corrected chi connectivity index (χ1v) is 6.97. The van der Waals surface area contributed by atoms with Crippen molar-refractivity contribution < 1.29 is 5.11 Å². The second-order valence-electron chi connectivity index (χ2n) is 4.28. The minimum Gasteiger partial charge on any atom is -0.391 e. The molecule has 0 radical (unpaired) electrons. The molecule has 3 nitrogen and oxygen atoms in total. The maximum absolute atomic E-state index is 9.28. The quantitative estimate of drug-likeness (QED) is 0.878. The number of aryl methyl sites for hydroxylation is 1. The van der Waals surface area contributed by atoms with E-state index in [9.17, 15) is 5.11 Å². The van der Waals surface area contributed by atoms with Gasteiger partial charge in [-0.1, -0.05) is 25.2 Å². The molecule has 1 fully saturated rings. The summed E-state index contributed by atoms with van der Waals surface area (Å²) in [4.78, 5) is 8.12. The summed E-state index contributed by atoms with van der Waals surface area (Å²) in [6.07, 6.45) is 4.66. The number of hydrogen-bond donors (Lipinski definition) is 1. The van der Waals surface area contributed by atoms with Gasteiger partial charge in [0.15, 0.2) is 5.13 Å². The first kappa shape index (κ1) is 11.9. The molecule has 0 amide bonds. The number of aliphatic hydroxyl groups excluding tert-OH is 1. The molecule has 0 saturated carbocycles. The van der Waals surface area contributed by atoms with Gasteiger partial charge in [-0.25, -0.2) is 4.98 Å². The number of nitrogens with zero attached hydrogens (tertiary/aromatic N) is 2. The van der Waals surface area contributed by atoms with Crippen LogP contribution in [0, 0.1) is 0 Å². The largest absolute Gasteiger partial charge is 0.391 e. The highest BCUT2D eigenvalue weighted by Gasteiger charge is 2.26. The molecule has 1 atom stereocenters. The lowest BCUT2D eigenvalue weighted by atomic mass is 10.2. The summed E-state index contributed by atoms with van der Waals surface area (Å²) < 4.78 is 0. The first-order valence-electron chi connectivity index (χ1n) is 6.16. The second kappa shape index (κ2) is 5.15. The molecule has 1 aliphatic heterocycles. The van der Waals surface area contributed by atoms with Crippen LogP contribution in [-0.4, -0.2) is 22.7 Å². The molecule has 16 heavy (non-hydrogen) atoms. The van der Waals surface area contributed by atoms with E-state index in [4.69, 9.17) is 0 Å². The van der Waals surface area contributed by atoms with E-state index in [0.717, 1.165) is 28.7 Å². The summed E-state index contributed by atoms with van der Waals surface area (Å²) in [5.41, 5.74) is 1.07. The van der Waals surface area contributed by atoms with Crippen molar-refractivity contribution in [1.82, 2.24) is 4.98 Å². The van der Waals surface area contributed by atoms with Crippen LogP contribution in [0.15, 0.2) is 0 Å². The zero-order valence-corrected chi connectivity index (χ0v) is 10.9.